The summed E-state index contributed by atoms with van der Waals surface area (Å²) in [5.41, 5.74) is 2.20. The monoisotopic (exact) mass is 345 g/mol. The number of aromatic amines is 1. The third kappa shape index (κ3) is 3.97. The third-order valence-corrected chi connectivity index (χ3v) is 3.59. The highest BCUT2D eigenvalue weighted by Crippen LogP contribution is 2.18. The molecule has 0 bridgehead atoms. The van der Waals surface area contributed by atoms with E-state index in [0.717, 1.165) is 11.1 Å². The molecular formula is C20H15N3O3. The summed E-state index contributed by atoms with van der Waals surface area (Å²) in [5, 5.41) is 19.4. The van der Waals surface area contributed by atoms with E-state index >= 15 is 0 Å². The lowest BCUT2D eigenvalue weighted by molar-refractivity contribution is -0.137. The lowest BCUT2D eigenvalue weighted by Gasteiger charge is -2.03. The van der Waals surface area contributed by atoms with Gasteiger partial charge in [0.25, 0.3) is 0 Å². The summed E-state index contributed by atoms with van der Waals surface area (Å²) < 4.78 is 4.98. The number of carbonyl (C=O) groups is 1. The van der Waals surface area contributed by atoms with E-state index in [0.29, 0.717) is 5.52 Å². The Morgan fingerprint density at radius 2 is 1.92 bits per heavy atom. The zero-order valence-corrected chi connectivity index (χ0v) is 13.7. The Bertz CT molecular complexity index is 994. The second kappa shape index (κ2) is 7.81. The maximum atomic E-state index is 11.8. The van der Waals surface area contributed by atoms with Gasteiger partial charge in [0.1, 0.15) is 18.2 Å². The van der Waals surface area contributed by atoms with Crippen LogP contribution in [-0.4, -0.2) is 27.7 Å². The van der Waals surface area contributed by atoms with E-state index in [4.69, 9.17) is 4.74 Å². The number of nitrogens with one attached hydrogen (secondary N) is 1. The summed E-state index contributed by atoms with van der Waals surface area (Å²) >= 11 is 0. The van der Waals surface area contributed by atoms with Crippen LogP contribution in [0, 0.1) is 11.3 Å². The first-order valence-corrected chi connectivity index (χ1v) is 7.84. The number of nitriles is 1. The number of benzene rings is 2. The lowest BCUT2D eigenvalue weighted by atomic mass is 10.2. The van der Waals surface area contributed by atoms with Crippen molar-refractivity contribution in [1.82, 2.24) is 9.97 Å². The molecule has 2 N–H and O–H groups in total. The van der Waals surface area contributed by atoms with Crippen molar-refractivity contribution in [2.24, 2.45) is 0 Å². The predicted molar refractivity (Wildman–Crippen MR) is 97.7 cm³/mol. The fraction of sp³-hybridized carbons (Fsp3) is 0.0500. The zero-order valence-electron chi connectivity index (χ0n) is 13.7. The minimum Gasteiger partial charge on any atom is -0.507 e. The number of rotatable bonds is 5. The lowest BCUT2D eigenvalue weighted by Crippen LogP contribution is -2.06. The van der Waals surface area contributed by atoms with Crippen LogP contribution in [0.3, 0.4) is 0 Å². The molecule has 0 unspecified atom stereocenters. The molecule has 0 radical (unpaired) electrons. The van der Waals surface area contributed by atoms with Crippen LogP contribution in [-0.2, 0) is 9.53 Å². The molecule has 0 spiro atoms. The van der Waals surface area contributed by atoms with E-state index in [9.17, 15) is 15.2 Å². The Kier molecular flexibility index (Phi) is 5.11. The molecule has 0 aliphatic heterocycles. The highest BCUT2D eigenvalue weighted by atomic mass is 16.5. The zero-order chi connectivity index (χ0) is 18.4. The molecule has 0 aliphatic rings. The number of aliphatic hydroxyl groups is 1. The Balaban J connectivity index is 1.70. The van der Waals surface area contributed by atoms with E-state index in [1.807, 2.05) is 54.6 Å². The summed E-state index contributed by atoms with van der Waals surface area (Å²) in [7, 11) is 0. The standard InChI is InChI=1S/C20H15N3O3/c21-12-15(20-22-16-8-4-5-9-17(16)23-20)18(24)13-26-19(25)11-10-14-6-2-1-3-7-14/h1-11,24H,13H2,(H,22,23). The topological polar surface area (TPSA) is 99.0 Å². The molecule has 26 heavy (non-hydrogen) atoms. The SMILES string of the molecule is N#CC(=C(O)COC(=O)C=Cc1ccccc1)c1nc2ccccc2[nH]1. The number of H-pyrrole nitrogens is 1. The van der Waals surface area contributed by atoms with Crippen LogP contribution in [0.1, 0.15) is 11.4 Å². The van der Waals surface area contributed by atoms with Crippen molar-refractivity contribution in [2.45, 2.75) is 0 Å². The number of aromatic nitrogens is 2. The van der Waals surface area contributed by atoms with Gasteiger partial charge in [0.15, 0.2) is 11.6 Å². The fourth-order valence-corrected chi connectivity index (χ4v) is 2.31. The average molecular weight is 345 g/mol. The number of nitrogens with zero attached hydrogens (tertiary/aromatic N) is 2. The van der Waals surface area contributed by atoms with Crippen LogP contribution >= 0.6 is 0 Å². The van der Waals surface area contributed by atoms with Gasteiger partial charge in [-0.25, -0.2) is 9.78 Å². The highest BCUT2D eigenvalue weighted by Gasteiger charge is 2.14. The number of allylic oxidation sites excluding steroid dienone is 1. The summed E-state index contributed by atoms with van der Waals surface area (Å²) in [4.78, 5) is 19.0. The van der Waals surface area contributed by atoms with Gasteiger partial charge in [0.05, 0.1) is 11.0 Å². The maximum Gasteiger partial charge on any atom is 0.331 e. The molecule has 1 heterocycles. The minimum atomic E-state index is -0.623. The smallest absolute Gasteiger partial charge is 0.331 e. The van der Waals surface area contributed by atoms with Crippen LogP contribution < -0.4 is 0 Å². The number of carbonyl (C=O) groups excluding carboxylic acids is 1. The summed E-state index contributed by atoms with van der Waals surface area (Å²) in [6.45, 7) is -0.419. The van der Waals surface area contributed by atoms with Crippen molar-refractivity contribution in [3.8, 4) is 6.07 Å². The van der Waals surface area contributed by atoms with Crippen LogP contribution in [0.4, 0.5) is 0 Å². The van der Waals surface area contributed by atoms with E-state index in [-0.39, 0.29) is 17.2 Å². The summed E-state index contributed by atoms with van der Waals surface area (Å²) in [5.74, 6) is -0.766. The summed E-state index contributed by atoms with van der Waals surface area (Å²) in [6, 6.07) is 18.4. The molecule has 128 valence electrons. The van der Waals surface area contributed by atoms with Gasteiger partial charge in [0, 0.05) is 6.08 Å². The number of ether oxygens (including phenoxy) is 1. The van der Waals surface area contributed by atoms with Crippen LogP contribution in [0.2, 0.25) is 0 Å². The first-order valence-electron chi connectivity index (χ1n) is 7.84. The highest BCUT2D eigenvalue weighted by molar-refractivity contribution is 5.87. The van der Waals surface area contributed by atoms with Crippen LogP contribution in [0.5, 0.6) is 0 Å². The molecule has 1 aromatic heterocycles. The van der Waals surface area contributed by atoms with Crippen molar-refractivity contribution in [3.63, 3.8) is 0 Å². The van der Waals surface area contributed by atoms with Crippen molar-refractivity contribution < 1.29 is 14.6 Å². The average Bonchev–Trinajstić information content (AvgIpc) is 3.09. The Morgan fingerprint density at radius 1 is 1.19 bits per heavy atom. The Labute approximate surface area is 149 Å². The maximum absolute atomic E-state index is 11.8. The first-order chi connectivity index (χ1) is 12.7. The second-order valence-corrected chi connectivity index (χ2v) is 5.39. The van der Waals surface area contributed by atoms with Crippen LogP contribution in [0.25, 0.3) is 22.7 Å². The third-order valence-electron chi connectivity index (χ3n) is 3.59. The minimum absolute atomic E-state index is 0.0685. The van der Waals surface area contributed by atoms with E-state index < -0.39 is 12.6 Å². The molecule has 6 nitrogen and oxygen atoms in total. The molecule has 2 aromatic carbocycles. The van der Waals surface area contributed by atoms with Gasteiger partial charge >= 0.3 is 5.97 Å². The van der Waals surface area contributed by atoms with Crippen molar-refractivity contribution >= 4 is 28.7 Å². The normalized spacial score (nSPS) is 12.0. The van der Waals surface area contributed by atoms with Gasteiger partial charge in [-0.05, 0) is 23.8 Å². The second-order valence-electron chi connectivity index (χ2n) is 5.39. The van der Waals surface area contributed by atoms with Gasteiger partial charge in [-0.1, -0.05) is 42.5 Å². The molecular weight excluding hydrogens is 330 g/mol. The Morgan fingerprint density at radius 3 is 2.65 bits per heavy atom. The molecule has 0 amide bonds. The molecule has 0 saturated carbocycles. The fourth-order valence-electron chi connectivity index (χ4n) is 2.31. The Hall–Kier alpha value is -3.85. The van der Waals surface area contributed by atoms with Gasteiger partial charge in [-0.3, -0.25) is 0 Å². The van der Waals surface area contributed by atoms with Crippen LogP contribution in [0.15, 0.2) is 66.4 Å². The quantitative estimate of drug-likeness (QED) is 0.318. The number of para-hydroxylation sites is 2. The number of hydrogen-bond donors (Lipinski definition) is 2. The van der Waals surface area contributed by atoms with Crippen molar-refractivity contribution in [3.05, 3.63) is 77.8 Å². The largest absolute Gasteiger partial charge is 0.507 e. The number of hydrogen-bond acceptors (Lipinski definition) is 5. The van der Waals surface area contributed by atoms with Gasteiger partial charge in [-0.2, -0.15) is 5.26 Å². The van der Waals surface area contributed by atoms with Gasteiger partial charge in [0.2, 0.25) is 0 Å². The van der Waals surface area contributed by atoms with E-state index in [1.54, 1.807) is 12.1 Å². The molecule has 3 aromatic rings. The van der Waals surface area contributed by atoms with Crippen molar-refractivity contribution in [2.75, 3.05) is 6.61 Å². The van der Waals surface area contributed by atoms with E-state index in [1.165, 1.54) is 6.08 Å². The molecule has 6 heteroatoms. The molecule has 0 fully saturated rings. The number of esters is 1. The molecule has 0 saturated heterocycles. The van der Waals surface area contributed by atoms with Gasteiger partial charge in [-0.15, -0.1) is 0 Å². The van der Waals surface area contributed by atoms with Crippen molar-refractivity contribution in [1.29, 1.82) is 5.26 Å². The molecule has 0 atom stereocenters. The predicted octanol–water partition coefficient (Wildman–Crippen LogP) is 3.61. The number of aliphatic hydroxyl groups excluding tert-OH is 1. The molecule has 0 aliphatic carbocycles. The number of imidazole rings is 1. The number of fused-ring (bicyclic) bond motifs is 1. The van der Waals surface area contributed by atoms with E-state index in [2.05, 4.69) is 9.97 Å². The first kappa shape index (κ1) is 17.0. The molecule has 3 rings (SSSR count). The summed E-state index contributed by atoms with van der Waals surface area (Å²) in [6.07, 6.45) is 2.86. The van der Waals surface area contributed by atoms with Gasteiger partial charge < -0.3 is 14.8 Å².